The van der Waals surface area contributed by atoms with E-state index in [2.05, 4.69) is 0 Å². The van der Waals surface area contributed by atoms with Gasteiger partial charge in [0, 0.05) is 0 Å². The van der Waals surface area contributed by atoms with Crippen molar-refractivity contribution in [2.24, 2.45) is 5.41 Å². The summed E-state index contributed by atoms with van der Waals surface area (Å²) < 4.78 is 30.7. The fourth-order valence-corrected chi connectivity index (χ4v) is 2.11. The molecule has 0 spiro atoms. The standard InChI is InChI=1S/C14H15F2NO4/c15-12(16)14(6-7-14)10(11(18)19)17-13(20)21-8-9-4-2-1-3-5-9/h1-5,10,12H,6-8H2,(H,17,20)(H,18,19). The van der Waals surface area contributed by atoms with Crippen LogP contribution in [0.2, 0.25) is 0 Å². The second kappa shape index (κ2) is 6.07. The van der Waals surface area contributed by atoms with Gasteiger partial charge in [-0.1, -0.05) is 30.3 Å². The Labute approximate surface area is 119 Å². The van der Waals surface area contributed by atoms with Crippen LogP contribution in [0.1, 0.15) is 18.4 Å². The lowest BCUT2D eigenvalue weighted by Crippen LogP contribution is -2.49. The van der Waals surface area contributed by atoms with Crippen molar-refractivity contribution >= 4 is 12.1 Å². The van der Waals surface area contributed by atoms with Gasteiger partial charge in [-0.2, -0.15) is 0 Å². The Kier molecular flexibility index (Phi) is 4.40. The van der Waals surface area contributed by atoms with E-state index in [-0.39, 0.29) is 19.4 Å². The molecule has 0 aromatic heterocycles. The number of carboxylic acid groups (broad SMARTS) is 1. The summed E-state index contributed by atoms with van der Waals surface area (Å²) in [6.45, 7) is -0.0549. The quantitative estimate of drug-likeness (QED) is 0.846. The van der Waals surface area contributed by atoms with E-state index in [0.717, 1.165) is 5.56 Å². The lowest BCUT2D eigenvalue weighted by Gasteiger charge is -2.23. The number of nitrogens with one attached hydrogen (secondary N) is 1. The van der Waals surface area contributed by atoms with Crippen LogP contribution in [0.5, 0.6) is 0 Å². The van der Waals surface area contributed by atoms with E-state index in [4.69, 9.17) is 9.84 Å². The molecular formula is C14H15F2NO4. The average Bonchev–Trinajstić information content (AvgIpc) is 3.25. The first-order valence-electron chi connectivity index (χ1n) is 6.44. The van der Waals surface area contributed by atoms with Gasteiger partial charge in [0.05, 0.1) is 5.41 Å². The zero-order chi connectivity index (χ0) is 15.5. The van der Waals surface area contributed by atoms with Gasteiger partial charge in [-0.3, -0.25) is 0 Å². The van der Waals surface area contributed by atoms with Crippen LogP contribution in [-0.2, 0) is 16.1 Å². The minimum atomic E-state index is -2.80. The van der Waals surface area contributed by atoms with E-state index in [0.29, 0.717) is 0 Å². The SMILES string of the molecule is O=C(NC(C(=O)O)C1(C(F)F)CC1)OCc1ccccc1. The number of alkyl halides is 2. The fraction of sp³-hybridized carbons (Fsp3) is 0.429. The normalized spacial score (nSPS) is 17.1. The molecule has 1 aliphatic rings. The third kappa shape index (κ3) is 3.48. The van der Waals surface area contributed by atoms with Gasteiger partial charge >= 0.3 is 12.1 Å². The molecule has 2 N–H and O–H groups in total. The van der Waals surface area contributed by atoms with Crippen LogP contribution < -0.4 is 5.32 Å². The zero-order valence-corrected chi connectivity index (χ0v) is 11.1. The van der Waals surface area contributed by atoms with Crippen molar-refractivity contribution in [3.63, 3.8) is 0 Å². The van der Waals surface area contributed by atoms with Crippen LogP contribution in [0.3, 0.4) is 0 Å². The van der Waals surface area contributed by atoms with Gasteiger partial charge in [0.2, 0.25) is 6.43 Å². The molecule has 114 valence electrons. The summed E-state index contributed by atoms with van der Waals surface area (Å²) in [5.41, 5.74) is -0.952. The number of carbonyl (C=O) groups is 2. The third-order valence-electron chi connectivity index (χ3n) is 3.56. The number of halogens is 2. The molecule has 1 aliphatic carbocycles. The summed E-state index contributed by atoms with van der Waals surface area (Å²) in [4.78, 5) is 22.7. The van der Waals surface area contributed by atoms with Crippen LogP contribution in [0.15, 0.2) is 30.3 Å². The highest BCUT2D eigenvalue weighted by molar-refractivity contribution is 5.81. The van der Waals surface area contributed by atoms with E-state index in [1.54, 1.807) is 30.3 Å². The minimum absolute atomic E-state index is 0.0549. The number of benzene rings is 1. The lowest BCUT2D eigenvalue weighted by atomic mass is 9.97. The number of aliphatic carboxylic acids is 1. The molecule has 1 fully saturated rings. The molecule has 0 bridgehead atoms. The first-order valence-corrected chi connectivity index (χ1v) is 6.44. The molecule has 1 aromatic carbocycles. The average molecular weight is 299 g/mol. The van der Waals surface area contributed by atoms with Crippen molar-refractivity contribution in [2.75, 3.05) is 0 Å². The molecule has 21 heavy (non-hydrogen) atoms. The Morgan fingerprint density at radius 1 is 1.29 bits per heavy atom. The maximum atomic E-state index is 12.9. The largest absolute Gasteiger partial charge is 0.480 e. The van der Waals surface area contributed by atoms with Crippen molar-refractivity contribution in [1.29, 1.82) is 0 Å². The second-order valence-electron chi connectivity index (χ2n) is 5.01. The highest BCUT2D eigenvalue weighted by Gasteiger charge is 2.60. The van der Waals surface area contributed by atoms with Gasteiger partial charge in [0.15, 0.2) is 0 Å². The number of rotatable bonds is 6. The molecule has 1 atom stereocenters. The van der Waals surface area contributed by atoms with E-state index in [9.17, 15) is 18.4 Å². The van der Waals surface area contributed by atoms with Gasteiger partial charge in [-0.15, -0.1) is 0 Å². The van der Waals surface area contributed by atoms with Crippen LogP contribution >= 0.6 is 0 Å². The van der Waals surface area contributed by atoms with Crippen molar-refractivity contribution < 1.29 is 28.2 Å². The Morgan fingerprint density at radius 3 is 2.38 bits per heavy atom. The number of ether oxygens (including phenoxy) is 1. The number of hydrogen-bond acceptors (Lipinski definition) is 3. The Morgan fingerprint density at radius 2 is 1.90 bits per heavy atom. The maximum absolute atomic E-state index is 12.9. The topological polar surface area (TPSA) is 75.6 Å². The Hall–Kier alpha value is -2.18. The second-order valence-corrected chi connectivity index (χ2v) is 5.01. The predicted molar refractivity (Wildman–Crippen MR) is 68.9 cm³/mol. The number of amides is 1. The minimum Gasteiger partial charge on any atom is -0.480 e. The highest BCUT2D eigenvalue weighted by atomic mass is 19.3. The molecule has 7 heteroatoms. The van der Waals surface area contributed by atoms with Crippen LogP contribution in [0, 0.1) is 5.41 Å². The van der Waals surface area contributed by atoms with Gasteiger partial charge in [-0.25, -0.2) is 18.4 Å². The van der Waals surface area contributed by atoms with Gasteiger partial charge in [0.1, 0.15) is 12.6 Å². The number of carboxylic acids is 1. The molecule has 0 radical (unpaired) electrons. The van der Waals surface area contributed by atoms with Crippen molar-refractivity contribution in [2.45, 2.75) is 31.9 Å². The number of hydrogen-bond donors (Lipinski definition) is 2. The summed E-state index contributed by atoms with van der Waals surface area (Å²) in [6, 6.07) is 7.12. The van der Waals surface area contributed by atoms with E-state index in [1.165, 1.54) is 0 Å². The molecular weight excluding hydrogens is 284 g/mol. The first kappa shape index (κ1) is 15.2. The molecule has 1 saturated carbocycles. The molecule has 1 amide bonds. The summed E-state index contributed by atoms with van der Waals surface area (Å²) in [6.07, 6.45) is -3.67. The molecule has 5 nitrogen and oxygen atoms in total. The summed E-state index contributed by atoms with van der Waals surface area (Å²) >= 11 is 0. The zero-order valence-electron chi connectivity index (χ0n) is 11.1. The predicted octanol–water partition coefficient (Wildman–Crippen LogP) is 2.41. The monoisotopic (exact) mass is 299 g/mol. The van der Waals surface area contributed by atoms with Gasteiger partial charge < -0.3 is 15.2 Å². The lowest BCUT2D eigenvalue weighted by molar-refractivity contribution is -0.143. The molecule has 0 heterocycles. The van der Waals surface area contributed by atoms with E-state index >= 15 is 0 Å². The molecule has 0 saturated heterocycles. The Balaban J connectivity index is 1.92. The molecule has 0 aliphatic heterocycles. The van der Waals surface area contributed by atoms with Crippen LogP contribution in [0.4, 0.5) is 13.6 Å². The third-order valence-corrected chi connectivity index (χ3v) is 3.56. The highest BCUT2D eigenvalue weighted by Crippen LogP contribution is 2.53. The number of carbonyl (C=O) groups excluding carboxylic acids is 1. The van der Waals surface area contributed by atoms with Crippen LogP contribution in [0.25, 0.3) is 0 Å². The summed E-state index contributed by atoms with van der Waals surface area (Å²) in [7, 11) is 0. The van der Waals surface area contributed by atoms with Crippen molar-refractivity contribution in [1.82, 2.24) is 5.32 Å². The Bertz CT molecular complexity index is 517. The summed E-state index contributed by atoms with van der Waals surface area (Å²) in [5.74, 6) is -1.48. The number of alkyl carbamates (subject to hydrolysis) is 1. The van der Waals surface area contributed by atoms with Crippen molar-refractivity contribution in [3.05, 3.63) is 35.9 Å². The smallest absolute Gasteiger partial charge is 0.408 e. The van der Waals surface area contributed by atoms with Gasteiger partial charge in [0.25, 0.3) is 0 Å². The molecule has 1 unspecified atom stereocenters. The fourth-order valence-electron chi connectivity index (χ4n) is 2.11. The molecule has 1 aromatic rings. The van der Waals surface area contributed by atoms with Crippen LogP contribution in [-0.4, -0.2) is 29.6 Å². The van der Waals surface area contributed by atoms with Crippen molar-refractivity contribution in [3.8, 4) is 0 Å². The maximum Gasteiger partial charge on any atom is 0.408 e. The summed E-state index contributed by atoms with van der Waals surface area (Å²) in [5, 5.41) is 11.1. The van der Waals surface area contributed by atoms with E-state index < -0.39 is 29.9 Å². The van der Waals surface area contributed by atoms with E-state index in [1.807, 2.05) is 5.32 Å². The molecule has 2 rings (SSSR count). The first-order chi connectivity index (χ1) is 9.95. The van der Waals surface area contributed by atoms with Gasteiger partial charge in [-0.05, 0) is 18.4 Å².